The molecule has 0 atom stereocenters. The second-order valence-electron chi connectivity index (χ2n) is 4.48. The first-order valence-corrected chi connectivity index (χ1v) is 7.60. The number of benzene rings is 1. The Labute approximate surface area is 117 Å². The van der Waals surface area contributed by atoms with Crippen LogP contribution in [0, 0.1) is 0 Å². The van der Waals surface area contributed by atoms with Crippen molar-refractivity contribution < 1.29 is 8.42 Å². The molecule has 0 aliphatic carbocycles. The molecule has 1 aromatic heterocycles. The predicted octanol–water partition coefficient (Wildman–Crippen LogP) is 1.12. The molecule has 0 bridgehead atoms. The van der Waals surface area contributed by atoms with E-state index in [-0.39, 0.29) is 4.90 Å². The minimum absolute atomic E-state index is 0.160. The van der Waals surface area contributed by atoms with Crippen LogP contribution in [0.1, 0.15) is 5.56 Å². The molecule has 2 aromatic rings. The number of anilines is 2. The maximum Gasteiger partial charge on any atom is 0.265 e. The molecule has 20 heavy (non-hydrogen) atoms. The van der Waals surface area contributed by atoms with Crippen LogP contribution >= 0.6 is 0 Å². The Bertz CT molecular complexity index is 728. The van der Waals surface area contributed by atoms with E-state index < -0.39 is 10.0 Å². The topological polar surface area (TPSA) is 88.3 Å². The number of nitrogen functional groups attached to an aromatic ring is 1. The number of hydrazine groups is 1. The van der Waals surface area contributed by atoms with Gasteiger partial charge in [0.05, 0.1) is 5.69 Å². The van der Waals surface area contributed by atoms with E-state index >= 15 is 0 Å². The van der Waals surface area contributed by atoms with Crippen molar-refractivity contribution in [3.8, 4) is 0 Å². The number of nitrogens with two attached hydrogens (primary N) is 1. The van der Waals surface area contributed by atoms with Gasteiger partial charge in [-0.1, -0.05) is 18.2 Å². The highest BCUT2D eigenvalue weighted by Gasteiger charge is 2.30. The fraction of sp³-hybridized carbons (Fsp3) is 0.154. The maximum absolute atomic E-state index is 12.6. The summed E-state index contributed by atoms with van der Waals surface area (Å²) < 4.78 is 26.7. The summed E-state index contributed by atoms with van der Waals surface area (Å²) >= 11 is 0. The van der Waals surface area contributed by atoms with Crippen LogP contribution in [0.3, 0.4) is 0 Å². The van der Waals surface area contributed by atoms with Gasteiger partial charge in [-0.3, -0.25) is 4.31 Å². The van der Waals surface area contributed by atoms with Gasteiger partial charge in [0.15, 0.2) is 0 Å². The maximum atomic E-state index is 12.6. The summed E-state index contributed by atoms with van der Waals surface area (Å²) in [6, 6.07) is 10.6. The predicted molar refractivity (Wildman–Crippen MR) is 76.7 cm³/mol. The number of pyridine rings is 1. The van der Waals surface area contributed by atoms with Gasteiger partial charge in [0.25, 0.3) is 10.0 Å². The highest BCUT2D eigenvalue weighted by molar-refractivity contribution is 7.92. The summed E-state index contributed by atoms with van der Waals surface area (Å²) in [5, 5.41) is 0. The molecule has 104 valence electrons. The summed E-state index contributed by atoms with van der Waals surface area (Å²) in [5.41, 5.74) is 4.16. The van der Waals surface area contributed by atoms with Gasteiger partial charge in [-0.25, -0.2) is 19.2 Å². The van der Waals surface area contributed by atoms with E-state index in [9.17, 15) is 8.42 Å². The van der Waals surface area contributed by atoms with Gasteiger partial charge in [-0.2, -0.15) is 0 Å². The van der Waals surface area contributed by atoms with Crippen molar-refractivity contribution in [3.63, 3.8) is 0 Å². The minimum atomic E-state index is -3.57. The number of aromatic nitrogens is 1. The van der Waals surface area contributed by atoms with Crippen LogP contribution in [-0.4, -0.2) is 19.9 Å². The van der Waals surface area contributed by atoms with Crippen molar-refractivity contribution in [3.05, 3.63) is 48.2 Å². The van der Waals surface area contributed by atoms with Crippen LogP contribution in [-0.2, 0) is 16.4 Å². The highest BCUT2D eigenvalue weighted by atomic mass is 32.2. The Morgan fingerprint density at radius 2 is 2.00 bits per heavy atom. The molecular formula is C13H14N4O2S. The fourth-order valence-corrected chi connectivity index (χ4v) is 3.75. The molecule has 1 aliphatic heterocycles. The number of nitrogens with zero attached hydrogens (tertiary/aromatic N) is 2. The van der Waals surface area contributed by atoms with Gasteiger partial charge < -0.3 is 5.43 Å². The zero-order chi connectivity index (χ0) is 14.2. The van der Waals surface area contributed by atoms with Crippen molar-refractivity contribution in [1.29, 1.82) is 0 Å². The van der Waals surface area contributed by atoms with E-state index in [1.165, 1.54) is 22.6 Å². The Balaban J connectivity index is 2.00. The smallest absolute Gasteiger partial charge is 0.265 e. The molecule has 0 saturated carbocycles. The first-order valence-electron chi connectivity index (χ1n) is 6.16. The van der Waals surface area contributed by atoms with E-state index in [2.05, 4.69) is 10.4 Å². The molecule has 0 radical (unpaired) electrons. The van der Waals surface area contributed by atoms with Crippen LogP contribution in [0.2, 0.25) is 0 Å². The van der Waals surface area contributed by atoms with Crippen molar-refractivity contribution in [1.82, 2.24) is 4.98 Å². The van der Waals surface area contributed by atoms with E-state index in [1.54, 1.807) is 0 Å². The van der Waals surface area contributed by atoms with Crippen molar-refractivity contribution in [2.75, 3.05) is 16.3 Å². The van der Waals surface area contributed by atoms with Crippen LogP contribution in [0.4, 0.5) is 11.5 Å². The number of hydrogen-bond acceptors (Lipinski definition) is 5. The molecule has 1 aliphatic rings. The molecule has 0 spiro atoms. The molecule has 1 aromatic carbocycles. The summed E-state index contributed by atoms with van der Waals surface area (Å²) in [6.07, 6.45) is 2.04. The normalized spacial score (nSPS) is 14.2. The number of fused-ring (bicyclic) bond motifs is 1. The largest absolute Gasteiger partial charge is 0.308 e. The lowest BCUT2D eigenvalue weighted by molar-refractivity contribution is 0.592. The Kier molecular flexibility index (Phi) is 3.07. The fourth-order valence-electron chi connectivity index (χ4n) is 2.30. The van der Waals surface area contributed by atoms with Crippen LogP contribution in [0.5, 0.6) is 0 Å². The molecule has 3 N–H and O–H groups in total. The summed E-state index contributed by atoms with van der Waals surface area (Å²) in [4.78, 5) is 4.11. The standard InChI is InChI=1S/C13H14N4O2S/c14-16-13-6-5-11(9-15-13)20(18,19)17-8-7-10-3-1-2-4-12(10)17/h1-6,9H,7-8,14H2,(H,15,16). The van der Waals surface area contributed by atoms with Gasteiger partial charge in [-0.15, -0.1) is 0 Å². The average molecular weight is 290 g/mol. The third-order valence-corrected chi connectivity index (χ3v) is 5.11. The summed E-state index contributed by atoms with van der Waals surface area (Å²) in [6.45, 7) is 0.457. The van der Waals surface area contributed by atoms with E-state index in [0.29, 0.717) is 12.4 Å². The van der Waals surface area contributed by atoms with E-state index in [0.717, 1.165) is 17.7 Å². The molecular weight excluding hydrogens is 276 g/mol. The van der Waals surface area contributed by atoms with Crippen molar-refractivity contribution in [2.45, 2.75) is 11.3 Å². The van der Waals surface area contributed by atoms with E-state index in [1.807, 2.05) is 24.3 Å². The van der Waals surface area contributed by atoms with Gasteiger partial charge in [0.1, 0.15) is 10.7 Å². The molecule has 0 amide bonds. The molecule has 3 rings (SSSR count). The summed E-state index contributed by atoms with van der Waals surface area (Å²) in [5.74, 6) is 5.64. The Hall–Kier alpha value is -2.12. The number of nitrogens with one attached hydrogen (secondary N) is 1. The first-order chi connectivity index (χ1) is 9.63. The lowest BCUT2D eigenvalue weighted by Crippen LogP contribution is -2.29. The Morgan fingerprint density at radius 1 is 1.20 bits per heavy atom. The third kappa shape index (κ3) is 2.00. The first kappa shape index (κ1) is 12.9. The average Bonchev–Trinajstić information content (AvgIpc) is 2.92. The lowest BCUT2D eigenvalue weighted by Gasteiger charge is -2.19. The molecule has 0 unspecified atom stereocenters. The molecule has 6 nitrogen and oxygen atoms in total. The van der Waals surface area contributed by atoms with Crippen LogP contribution in [0.25, 0.3) is 0 Å². The zero-order valence-electron chi connectivity index (χ0n) is 10.7. The number of para-hydroxylation sites is 1. The quantitative estimate of drug-likeness (QED) is 0.653. The molecule has 2 heterocycles. The third-order valence-electron chi connectivity index (χ3n) is 3.32. The lowest BCUT2D eigenvalue weighted by atomic mass is 10.2. The van der Waals surface area contributed by atoms with Crippen molar-refractivity contribution in [2.24, 2.45) is 5.84 Å². The second-order valence-corrected chi connectivity index (χ2v) is 6.34. The highest BCUT2D eigenvalue weighted by Crippen LogP contribution is 2.32. The van der Waals surface area contributed by atoms with Crippen LogP contribution in [0.15, 0.2) is 47.5 Å². The van der Waals surface area contributed by atoms with Crippen LogP contribution < -0.4 is 15.6 Å². The van der Waals surface area contributed by atoms with Gasteiger partial charge in [0.2, 0.25) is 0 Å². The Morgan fingerprint density at radius 3 is 2.70 bits per heavy atom. The minimum Gasteiger partial charge on any atom is -0.308 e. The summed E-state index contributed by atoms with van der Waals surface area (Å²) in [7, 11) is -3.57. The molecule has 7 heteroatoms. The number of sulfonamides is 1. The van der Waals surface area contributed by atoms with Gasteiger partial charge in [-0.05, 0) is 30.2 Å². The second kappa shape index (κ2) is 4.77. The van der Waals surface area contributed by atoms with Crippen molar-refractivity contribution >= 4 is 21.5 Å². The number of hydrogen-bond donors (Lipinski definition) is 2. The zero-order valence-corrected chi connectivity index (χ0v) is 11.5. The molecule has 0 saturated heterocycles. The monoisotopic (exact) mass is 290 g/mol. The van der Waals surface area contributed by atoms with Gasteiger partial charge in [0, 0.05) is 12.7 Å². The number of rotatable bonds is 3. The molecule has 0 fully saturated rings. The van der Waals surface area contributed by atoms with Gasteiger partial charge >= 0.3 is 0 Å². The van der Waals surface area contributed by atoms with E-state index in [4.69, 9.17) is 5.84 Å². The SMILES string of the molecule is NNc1ccc(S(=O)(=O)N2CCc3ccccc32)cn1.